The zero-order valence-corrected chi connectivity index (χ0v) is 33.6. The van der Waals surface area contributed by atoms with E-state index < -0.39 is 121 Å². The summed E-state index contributed by atoms with van der Waals surface area (Å²) in [5.74, 6) is -11.3. The molecule has 7 amide bonds. The van der Waals surface area contributed by atoms with E-state index in [4.69, 9.17) is 10.2 Å². The van der Waals surface area contributed by atoms with Crippen molar-refractivity contribution in [1.82, 2.24) is 31.9 Å². The molecule has 0 fully saturated rings. The average molecular weight is 890 g/mol. The molecule has 5 atom stereocenters. The molecule has 1 rings (SSSR count). The number of rotatable bonds is 29. The van der Waals surface area contributed by atoms with Gasteiger partial charge in [0.1, 0.15) is 30.2 Å². The van der Waals surface area contributed by atoms with Crippen molar-refractivity contribution in [2.24, 2.45) is 0 Å². The van der Waals surface area contributed by atoms with E-state index in [0.717, 1.165) is 10.8 Å². The summed E-state index contributed by atoms with van der Waals surface area (Å²) in [5.41, 5.74) is 0.628. The number of benzene rings is 1. The largest absolute Gasteiger partial charge is 0.481 e. The topological polar surface area (TPSA) is 393 Å². The first-order valence-electron chi connectivity index (χ1n) is 17.9. The van der Waals surface area contributed by atoms with Gasteiger partial charge in [-0.1, -0.05) is 40.6 Å². The number of amides is 7. The number of anilines is 1. The molecule has 0 spiro atoms. The molecule has 0 saturated heterocycles. The molecule has 0 radical (unpaired) electrons. The molecule has 0 unspecified atom stereocenters. The van der Waals surface area contributed by atoms with Gasteiger partial charge in [0, 0.05) is 30.2 Å². The van der Waals surface area contributed by atoms with Crippen molar-refractivity contribution in [2.75, 3.05) is 23.4 Å². The highest BCUT2D eigenvalue weighted by Crippen LogP contribution is 2.21. The summed E-state index contributed by atoms with van der Waals surface area (Å²) >= 11 is 0. The number of urea groups is 2. The molecule has 13 N–H and O–H groups in total. The van der Waals surface area contributed by atoms with Crippen LogP contribution in [0, 0.1) is 0 Å². The Morgan fingerprint density at radius 1 is 0.567 bits per heavy atom. The van der Waals surface area contributed by atoms with Crippen LogP contribution in [0.2, 0.25) is 0 Å². The Bertz CT molecular complexity index is 1720. The summed E-state index contributed by atoms with van der Waals surface area (Å²) in [6, 6.07) is -4.05. The summed E-state index contributed by atoms with van der Waals surface area (Å²) in [5, 5.41) is 71.0. The fourth-order valence-electron chi connectivity index (χ4n) is 4.81. The number of hydrogen-bond acceptors (Lipinski definition) is 13. The minimum absolute atomic E-state index is 0.0754. The quantitative estimate of drug-likeness (QED) is 0.0355. The van der Waals surface area contributed by atoms with E-state index in [0.29, 0.717) is 11.3 Å². The molecule has 0 aliphatic rings. The Morgan fingerprint density at radius 3 is 1.58 bits per heavy atom. The van der Waals surface area contributed by atoms with Crippen LogP contribution in [0.5, 0.6) is 0 Å². The van der Waals surface area contributed by atoms with Crippen molar-refractivity contribution in [1.29, 1.82) is 0 Å². The standard InChI is InChI=1S/C34H47N7O17S2/c1-2-59-60-16-23(32(55)56)39-29(50)22(15-27(47)48)38-28(49)21(14-26(45)46)37-24(42)13-17-6-8-18(9-7-17)36-33(57)35-12-4-3-5-19(30(51)52)40-34(58)41-20(31(53)54)10-11-25(43)44/h6-9,19-23H,2-5,10-16H2,1H3,(H,37,42)(H,38,49)(H,39,50)(H,43,44)(H,45,46)(H,47,48)(H,51,52)(H,53,54)(H,55,56)(H2,35,36,57)(H2,40,41,58)/t19-,20-,21-,22-,23-/m0/s1. The number of carbonyl (C=O) groups is 11. The molecule has 0 aliphatic carbocycles. The second-order valence-electron chi connectivity index (χ2n) is 12.5. The van der Waals surface area contributed by atoms with E-state index in [1.54, 1.807) is 0 Å². The molecule has 1 aromatic rings. The Morgan fingerprint density at radius 2 is 1.08 bits per heavy atom. The first-order valence-corrected chi connectivity index (χ1v) is 20.4. The second kappa shape index (κ2) is 27.4. The number of carbonyl (C=O) groups excluding carboxylic acids is 5. The minimum Gasteiger partial charge on any atom is -0.481 e. The maximum Gasteiger partial charge on any atom is 0.327 e. The molecule has 0 heterocycles. The third-order valence-electron chi connectivity index (χ3n) is 7.73. The molecular weight excluding hydrogens is 843 g/mol. The van der Waals surface area contributed by atoms with E-state index in [1.165, 1.54) is 35.1 Å². The van der Waals surface area contributed by atoms with Gasteiger partial charge in [-0.3, -0.25) is 28.8 Å². The molecule has 0 bridgehead atoms. The van der Waals surface area contributed by atoms with E-state index in [-0.39, 0.29) is 43.7 Å². The lowest BCUT2D eigenvalue weighted by atomic mass is 10.1. The number of carboxylic acids is 6. The molecule has 0 saturated carbocycles. The SMILES string of the molecule is CCSSC[C@H](NC(=O)[C@H](CC(=O)O)NC(=O)[C@H](CC(=O)O)NC(=O)Cc1ccc(NC(=O)NCCCC[C@H](NC(=O)N[C@@H](CCC(=O)O)C(=O)O)C(=O)O)cc1)C(=O)O. The van der Waals surface area contributed by atoms with Gasteiger partial charge in [0.2, 0.25) is 17.7 Å². The number of carboxylic acid groups (broad SMARTS) is 6. The first kappa shape index (κ1) is 51.7. The fourth-order valence-corrected chi connectivity index (χ4v) is 6.64. The van der Waals surface area contributed by atoms with Crippen LogP contribution in [0.3, 0.4) is 0 Å². The average Bonchev–Trinajstić information content (AvgIpc) is 3.14. The third kappa shape index (κ3) is 22.0. The summed E-state index contributed by atoms with van der Waals surface area (Å²) in [6.07, 6.45) is -2.92. The van der Waals surface area contributed by atoms with Crippen molar-refractivity contribution in [2.45, 2.75) is 88.5 Å². The lowest BCUT2D eigenvalue weighted by molar-refractivity contribution is -0.144. The molecule has 0 aromatic heterocycles. The zero-order valence-electron chi connectivity index (χ0n) is 32.0. The Hall–Kier alpha value is -6.31. The van der Waals surface area contributed by atoms with E-state index >= 15 is 0 Å². The van der Waals surface area contributed by atoms with Crippen LogP contribution in [0.15, 0.2) is 24.3 Å². The third-order valence-corrected chi connectivity index (χ3v) is 10.2. The predicted octanol–water partition coefficient (Wildman–Crippen LogP) is -0.519. The second-order valence-corrected chi connectivity index (χ2v) is 15.3. The van der Waals surface area contributed by atoms with Gasteiger partial charge in [-0.25, -0.2) is 24.0 Å². The van der Waals surface area contributed by atoms with E-state index in [9.17, 15) is 73.2 Å². The van der Waals surface area contributed by atoms with Gasteiger partial charge >= 0.3 is 47.9 Å². The van der Waals surface area contributed by atoms with Crippen molar-refractivity contribution in [3.05, 3.63) is 29.8 Å². The first-order chi connectivity index (χ1) is 28.2. The lowest BCUT2D eigenvalue weighted by Crippen LogP contribution is -2.57. The molecular formula is C34H47N7O17S2. The monoisotopic (exact) mass is 889 g/mol. The van der Waals surface area contributed by atoms with Crippen molar-refractivity contribution < 1.29 is 83.4 Å². The van der Waals surface area contributed by atoms with Crippen LogP contribution in [0.25, 0.3) is 0 Å². The number of nitrogens with one attached hydrogen (secondary N) is 7. The van der Waals surface area contributed by atoms with Crippen LogP contribution in [-0.2, 0) is 49.6 Å². The number of unbranched alkanes of at least 4 members (excludes halogenated alkanes) is 1. The van der Waals surface area contributed by atoms with Crippen molar-refractivity contribution >= 4 is 92.9 Å². The Balaban J connectivity index is 2.70. The maximum atomic E-state index is 13.0. The van der Waals surface area contributed by atoms with E-state index in [2.05, 4.69) is 31.9 Å². The van der Waals surface area contributed by atoms with Gasteiger partial charge in [0.05, 0.1) is 19.3 Å². The minimum atomic E-state index is -1.82. The van der Waals surface area contributed by atoms with Crippen LogP contribution in [0.1, 0.15) is 57.4 Å². The normalized spacial score (nSPS) is 13.1. The Labute approximate surface area is 349 Å². The highest BCUT2D eigenvalue weighted by atomic mass is 33.1. The van der Waals surface area contributed by atoms with Gasteiger partial charge in [-0.05, 0) is 43.4 Å². The van der Waals surface area contributed by atoms with Gasteiger partial charge in [-0.2, -0.15) is 0 Å². The molecule has 0 aliphatic heterocycles. The van der Waals surface area contributed by atoms with E-state index in [1.807, 2.05) is 12.2 Å². The van der Waals surface area contributed by atoms with Crippen LogP contribution in [-0.4, -0.2) is 144 Å². The summed E-state index contributed by atoms with van der Waals surface area (Å²) < 4.78 is 0. The van der Waals surface area contributed by atoms with Gasteiger partial charge in [-0.15, -0.1) is 0 Å². The van der Waals surface area contributed by atoms with Crippen LogP contribution >= 0.6 is 21.6 Å². The Kier molecular flexibility index (Phi) is 23.6. The zero-order chi connectivity index (χ0) is 45.4. The highest BCUT2D eigenvalue weighted by Gasteiger charge is 2.32. The number of hydrogen-bond donors (Lipinski definition) is 13. The molecule has 60 heavy (non-hydrogen) atoms. The summed E-state index contributed by atoms with van der Waals surface area (Å²) in [7, 11) is 2.46. The number of aliphatic carboxylic acids is 6. The van der Waals surface area contributed by atoms with Crippen molar-refractivity contribution in [3.63, 3.8) is 0 Å². The van der Waals surface area contributed by atoms with Gasteiger partial charge < -0.3 is 67.9 Å². The van der Waals surface area contributed by atoms with Crippen LogP contribution < -0.4 is 37.2 Å². The molecule has 1 aromatic carbocycles. The summed E-state index contributed by atoms with van der Waals surface area (Å²) in [4.78, 5) is 131. The molecule has 24 nitrogen and oxygen atoms in total. The van der Waals surface area contributed by atoms with Gasteiger partial charge in [0.25, 0.3) is 0 Å². The maximum absolute atomic E-state index is 13.0. The fraction of sp³-hybridized carbons (Fsp3) is 0.500. The van der Waals surface area contributed by atoms with Gasteiger partial charge in [0.15, 0.2) is 0 Å². The summed E-state index contributed by atoms with van der Waals surface area (Å²) in [6.45, 7) is 1.90. The smallest absolute Gasteiger partial charge is 0.327 e. The highest BCUT2D eigenvalue weighted by molar-refractivity contribution is 8.76. The molecule has 26 heteroatoms. The van der Waals surface area contributed by atoms with Crippen molar-refractivity contribution in [3.8, 4) is 0 Å². The predicted molar refractivity (Wildman–Crippen MR) is 211 cm³/mol. The molecule has 332 valence electrons. The van der Waals surface area contributed by atoms with Crippen LogP contribution in [0.4, 0.5) is 15.3 Å². The lowest BCUT2D eigenvalue weighted by Gasteiger charge is -2.23.